The number of carbonyl (C=O) groups excluding carboxylic acids is 1. The molecule has 0 aliphatic heterocycles. The van der Waals surface area contributed by atoms with Crippen molar-refractivity contribution in [3.63, 3.8) is 0 Å². The maximum absolute atomic E-state index is 12.3. The predicted molar refractivity (Wildman–Crippen MR) is 131 cm³/mol. The summed E-state index contributed by atoms with van der Waals surface area (Å²) in [5.74, 6) is 0.237. The normalized spacial score (nSPS) is 11.0. The molecule has 170 valence electrons. The number of nitro groups is 1. The van der Waals surface area contributed by atoms with E-state index in [0.29, 0.717) is 16.0 Å². The number of benzene rings is 3. The van der Waals surface area contributed by atoms with Crippen LogP contribution in [0.1, 0.15) is 5.56 Å². The van der Waals surface area contributed by atoms with Crippen LogP contribution in [0, 0.1) is 10.1 Å². The second kappa shape index (κ2) is 10.7. The lowest BCUT2D eigenvalue weighted by molar-refractivity contribution is -0.385. The van der Waals surface area contributed by atoms with E-state index in [1.54, 1.807) is 30.3 Å². The lowest BCUT2D eigenvalue weighted by Crippen LogP contribution is -2.20. The van der Waals surface area contributed by atoms with Gasteiger partial charge < -0.3 is 0 Å². The summed E-state index contributed by atoms with van der Waals surface area (Å²) in [6, 6.07) is 22.9. The van der Waals surface area contributed by atoms with Crippen molar-refractivity contribution in [2.24, 2.45) is 5.10 Å². The zero-order chi connectivity index (χ0) is 23.9. The Morgan fingerprint density at radius 2 is 1.76 bits per heavy atom. The molecule has 0 radical (unpaired) electrons. The van der Waals surface area contributed by atoms with Crippen molar-refractivity contribution in [2.45, 2.75) is 5.16 Å². The first-order valence-corrected chi connectivity index (χ1v) is 11.3. The number of hydrogen-bond acceptors (Lipinski definition) is 7. The van der Waals surface area contributed by atoms with Crippen LogP contribution in [0.4, 0.5) is 5.69 Å². The molecule has 1 heterocycles. The van der Waals surface area contributed by atoms with Gasteiger partial charge in [-0.05, 0) is 30.3 Å². The lowest BCUT2D eigenvalue weighted by Gasteiger charge is -2.10. The van der Waals surface area contributed by atoms with E-state index in [-0.39, 0.29) is 17.0 Å². The molecule has 1 N–H and O–H groups in total. The van der Waals surface area contributed by atoms with Crippen LogP contribution < -0.4 is 5.43 Å². The van der Waals surface area contributed by atoms with Crippen molar-refractivity contribution in [1.82, 2.24) is 20.2 Å². The quantitative estimate of drug-likeness (QED) is 0.164. The largest absolute Gasteiger partial charge is 0.278 e. The van der Waals surface area contributed by atoms with E-state index >= 15 is 0 Å². The maximum Gasteiger partial charge on any atom is 0.278 e. The summed E-state index contributed by atoms with van der Waals surface area (Å²) in [7, 11) is 0. The SMILES string of the molecule is O=C(CSc1nnc(-c2ccccc2)n1-c1ccc(Cl)cc1)N/N=C\c1ccccc1[N+](=O)[O-]. The van der Waals surface area contributed by atoms with Gasteiger partial charge in [-0.15, -0.1) is 10.2 Å². The van der Waals surface area contributed by atoms with Gasteiger partial charge in [0.2, 0.25) is 0 Å². The first kappa shape index (κ1) is 23.1. The summed E-state index contributed by atoms with van der Waals surface area (Å²) in [6.07, 6.45) is 1.24. The highest BCUT2D eigenvalue weighted by molar-refractivity contribution is 7.99. The molecule has 0 saturated carbocycles. The average molecular weight is 493 g/mol. The van der Waals surface area contributed by atoms with Crippen LogP contribution >= 0.6 is 23.4 Å². The average Bonchev–Trinajstić information content (AvgIpc) is 3.28. The number of aromatic nitrogens is 3. The standard InChI is InChI=1S/C23H17ClN6O3S/c24-18-10-12-19(13-11-18)29-22(16-6-2-1-3-7-16)27-28-23(29)34-15-21(31)26-25-14-17-8-4-5-9-20(17)30(32)33/h1-14H,15H2,(H,26,31)/b25-14-. The van der Waals surface area contributed by atoms with Crippen LogP contribution in [0.3, 0.4) is 0 Å². The number of thioether (sulfide) groups is 1. The molecule has 34 heavy (non-hydrogen) atoms. The third-order valence-corrected chi connectivity index (χ3v) is 5.79. The highest BCUT2D eigenvalue weighted by atomic mass is 35.5. The first-order valence-electron chi connectivity index (χ1n) is 9.98. The van der Waals surface area contributed by atoms with Crippen molar-refractivity contribution in [3.8, 4) is 17.1 Å². The summed E-state index contributed by atoms with van der Waals surface area (Å²) in [5.41, 5.74) is 4.24. The number of hydrazone groups is 1. The van der Waals surface area contributed by atoms with Crippen LogP contribution in [0.25, 0.3) is 17.1 Å². The monoisotopic (exact) mass is 492 g/mol. The van der Waals surface area contributed by atoms with Gasteiger partial charge in [0.05, 0.1) is 22.5 Å². The summed E-state index contributed by atoms with van der Waals surface area (Å²) in [5, 5.41) is 24.6. The van der Waals surface area contributed by atoms with Crippen molar-refractivity contribution in [3.05, 3.63) is 99.6 Å². The Morgan fingerprint density at radius 1 is 1.06 bits per heavy atom. The molecule has 1 aromatic heterocycles. The molecular weight excluding hydrogens is 476 g/mol. The molecule has 11 heteroatoms. The molecule has 0 spiro atoms. The van der Waals surface area contributed by atoms with E-state index in [0.717, 1.165) is 11.3 Å². The molecule has 0 fully saturated rings. The maximum atomic E-state index is 12.3. The van der Waals surface area contributed by atoms with Gasteiger partial charge in [0.25, 0.3) is 11.6 Å². The molecule has 3 aromatic carbocycles. The van der Waals surface area contributed by atoms with Crippen molar-refractivity contribution >= 4 is 41.2 Å². The number of nitrogens with zero attached hydrogens (tertiary/aromatic N) is 5. The van der Waals surface area contributed by atoms with Gasteiger partial charge in [-0.2, -0.15) is 5.10 Å². The Hall–Kier alpha value is -4.02. The van der Waals surface area contributed by atoms with Gasteiger partial charge in [-0.3, -0.25) is 19.5 Å². The van der Waals surface area contributed by atoms with Crippen molar-refractivity contribution in [1.29, 1.82) is 0 Å². The molecule has 0 aliphatic rings. The zero-order valence-corrected chi connectivity index (χ0v) is 19.1. The molecule has 0 aliphatic carbocycles. The summed E-state index contributed by atoms with van der Waals surface area (Å²) < 4.78 is 1.85. The number of hydrogen-bond donors (Lipinski definition) is 1. The van der Waals surface area contributed by atoms with Gasteiger partial charge in [0, 0.05) is 22.3 Å². The van der Waals surface area contributed by atoms with Crippen LogP contribution in [-0.2, 0) is 4.79 Å². The Morgan fingerprint density at radius 3 is 2.50 bits per heavy atom. The van der Waals surface area contributed by atoms with E-state index in [1.165, 1.54) is 24.0 Å². The number of carbonyl (C=O) groups is 1. The fraction of sp³-hybridized carbons (Fsp3) is 0.0435. The Labute approximate surface area is 203 Å². The van der Waals surface area contributed by atoms with E-state index in [4.69, 9.17) is 11.6 Å². The molecule has 0 saturated heterocycles. The van der Waals surface area contributed by atoms with Gasteiger partial charge in [-0.25, -0.2) is 5.43 Å². The lowest BCUT2D eigenvalue weighted by atomic mass is 10.2. The summed E-state index contributed by atoms with van der Waals surface area (Å²) in [4.78, 5) is 22.9. The van der Waals surface area contributed by atoms with Crippen LogP contribution in [0.5, 0.6) is 0 Å². The molecule has 0 bridgehead atoms. The van der Waals surface area contributed by atoms with Crippen LogP contribution in [-0.4, -0.2) is 37.6 Å². The van der Waals surface area contributed by atoms with E-state index < -0.39 is 10.8 Å². The smallest absolute Gasteiger partial charge is 0.272 e. The number of nitro benzene ring substituents is 1. The minimum atomic E-state index is -0.507. The van der Waals surface area contributed by atoms with E-state index in [9.17, 15) is 14.9 Å². The topological polar surface area (TPSA) is 115 Å². The molecule has 0 atom stereocenters. The third-order valence-electron chi connectivity index (χ3n) is 4.61. The highest BCUT2D eigenvalue weighted by Gasteiger charge is 2.17. The van der Waals surface area contributed by atoms with Gasteiger partial charge in [0.1, 0.15) is 0 Å². The zero-order valence-electron chi connectivity index (χ0n) is 17.5. The van der Waals surface area contributed by atoms with Crippen LogP contribution in [0.2, 0.25) is 5.02 Å². The fourth-order valence-corrected chi connectivity index (χ4v) is 3.93. The van der Waals surface area contributed by atoms with Gasteiger partial charge >= 0.3 is 0 Å². The van der Waals surface area contributed by atoms with Crippen molar-refractivity contribution < 1.29 is 9.72 Å². The molecule has 1 amide bonds. The molecular formula is C23H17ClN6O3S. The Bertz CT molecular complexity index is 1340. The van der Waals surface area contributed by atoms with E-state index in [2.05, 4.69) is 20.7 Å². The highest BCUT2D eigenvalue weighted by Crippen LogP contribution is 2.28. The second-order valence-corrected chi connectivity index (χ2v) is 8.26. The number of rotatable bonds is 8. The second-order valence-electron chi connectivity index (χ2n) is 6.88. The molecule has 0 unspecified atom stereocenters. The fourth-order valence-electron chi connectivity index (χ4n) is 3.06. The first-order chi connectivity index (χ1) is 16.5. The number of nitrogens with one attached hydrogen (secondary N) is 1. The summed E-state index contributed by atoms with van der Waals surface area (Å²) >= 11 is 7.23. The third kappa shape index (κ3) is 5.48. The summed E-state index contributed by atoms with van der Waals surface area (Å²) in [6.45, 7) is 0. The Kier molecular flexibility index (Phi) is 7.31. The number of halogens is 1. The number of para-hydroxylation sites is 1. The minimum Gasteiger partial charge on any atom is -0.272 e. The van der Waals surface area contributed by atoms with Gasteiger partial charge in [0.15, 0.2) is 11.0 Å². The molecule has 9 nitrogen and oxygen atoms in total. The van der Waals surface area contributed by atoms with E-state index in [1.807, 2.05) is 47.0 Å². The van der Waals surface area contributed by atoms with Gasteiger partial charge in [-0.1, -0.05) is 65.8 Å². The number of amides is 1. The predicted octanol–water partition coefficient (Wildman–Crippen LogP) is 4.74. The molecule has 4 rings (SSSR count). The Balaban J connectivity index is 1.50. The van der Waals surface area contributed by atoms with Crippen LogP contribution in [0.15, 0.2) is 89.1 Å². The minimum absolute atomic E-state index is 0.00867. The molecule has 4 aromatic rings. The van der Waals surface area contributed by atoms with Crippen molar-refractivity contribution in [2.75, 3.05) is 5.75 Å².